The minimum atomic E-state index is -0.0290. The Labute approximate surface area is 122 Å². The van der Waals surface area contributed by atoms with E-state index in [1.165, 1.54) is 11.1 Å². The molecule has 1 saturated heterocycles. The summed E-state index contributed by atoms with van der Waals surface area (Å²) in [5.41, 5.74) is 2.50. The largest absolute Gasteiger partial charge is 0.493 e. The van der Waals surface area contributed by atoms with Crippen LogP contribution in [0.3, 0.4) is 0 Å². The van der Waals surface area contributed by atoms with Gasteiger partial charge in [0.1, 0.15) is 5.75 Å². The van der Waals surface area contributed by atoms with Gasteiger partial charge in [-0.15, -0.1) is 0 Å². The zero-order chi connectivity index (χ0) is 13.3. The van der Waals surface area contributed by atoms with Crippen LogP contribution < -0.4 is 10.1 Å². The molecule has 3 nitrogen and oxygen atoms in total. The van der Waals surface area contributed by atoms with Gasteiger partial charge in [0, 0.05) is 22.9 Å². The maximum atomic E-state index is 9.83. The van der Waals surface area contributed by atoms with Crippen molar-refractivity contribution >= 4 is 15.9 Å². The third-order valence-corrected chi connectivity index (χ3v) is 4.74. The second-order valence-electron chi connectivity index (χ2n) is 5.77. The van der Waals surface area contributed by atoms with E-state index in [0.29, 0.717) is 0 Å². The summed E-state index contributed by atoms with van der Waals surface area (Å²) >= 11 is 3.59. The average molecular weight is 326 g/mol. The maximum absolute atomic E-state index is 9.83. The molecule has 2 aliphatic rings. The molecular formula is C15H20BrNO2. The Morgan fingerprint density at radius 1 is 1.42 bits per heavy atom. The highest BCUT2D eigenvalue weighted by molar-refractivity contribution is 9.10. The summed E-state index contributed by atoms with van der Waals surface area (Å²) in [5, 5.41) is 13.2. The zero-order valence-electron chi connectivity index (χ0n) is 11.0. The van der Waals surface area contributed by atoms with Crippen molar-refractivity contribution in [2.75, 3.05) is 26.3 Å². The maximum Gasteiger partial charge on any atom is 0.125 e. The van der Waals surface area contributed by atoms with Crippen LogP contribution in [0.25, 0.3) is 0 Å². The molecule has 3 rings (SSSR count). The van der Waals surface area contributed by atoms with Gasteiger partial charge in [0.15, 0.2) is 0 Å². The predicted molar refractivity (Wildman–Crippen MR) is 78.7 cm³/mol. The van der Waals surface area contributed by atoms with Crippen LogP contribution in [0, 0.1) is 5.41 Å². The average Bonchev–Trinajstić information content (AvgIpc) is 2.88. The van der Waals surface area contributed by atoms with Gasteiger partial charge in [0.05, 0.1) is 13.2 Å². The van der Waals surface area contributed by atoms with Gasteiger partial charge in [0.2, 0.25) is 0 Å². The van der Waals surface area contributed by atoms with Crippen LogP contribution in [-0.2, 0) is 12.8 Å². The molecule has 1 fully saturated rings. The fourth-order valence-corrected chi connectivity index (χ4v) is 3.81. The van der Waals surface area contributed by atoms with E-state index >= 15 is 0 Å². The second-order valence-corrected chi connectivity index (χ2v) is 6.68. The molecule has 104 valence electrons. The second kappa shape index (κ2) is 5.43. The lowest BCUT2D eigenvalue weighted by Crippen LogP contribution is -2.44. The lowest BCUT2D eigenvalue weighted by Gasteiger charge is -2.36. The first-order valence-corrected chi connectivity index (χ1v) is 7.77. The van der Waals surface area contributed by atoms with E-state index in [0.717, 1.165) is 55.6 Å². The van der Waals surface area contributed by atoms with E-state index in [-0.39, 0.29) is 12.0 Å². The van der Waals surface area contributed by atoms with Crippen molar-refractivity contribution in [3.05, 3.63) is 27.7 Å². The molecule has 2 N–H and O–H groups in total. The molecule has 1 aromatic carbocycles. The first kappa shape index (κ1) is 13.4. The van der Waals surface area contributed by atoms with Crippen LogP contribution in [0.2, 0.25) is 0 Å². The van der Waals surface area contributed by atoms with Crippen LogP contribution in [0.4, 0.5) is 0 Å². The van der Waals surface area contributed by atoms with Gasteiger partial charge in [-0.25, -0.2) is 0 Å². The molecular weight excluding hydrogens is 306 g/mol. The van der Waals surface area contributed by atoms with Crippen molar-refractivity contribution in [2.24, 2.45) is 5.41 Å². The number of hydrogen-bond acceptors (Lipinski definition) is 3. The highest BCUT2D eigenvalue weighted by Crippen LogP contribution is 2.38. The molecule has 0 amide bonds. The Hall–Kier alpha value is -0.580. The van der Waals surface area contributed by atoms with Gasteiger partial charge in [-0.3, -0.25) is 0 Å². The molecule has 0 spiro atoms. The summed E-state index contributed by atoms with van der Waals surface area (Å²) in [6.07, 6.45) is 4.10. The Bertz CT molecular complexity index is 469. The summed E-state index contributed by atoms with van der Waals surface area (Å²) < 4.78 is 6.91. The van der Waals surface area contributed by atoms with Crippen LogP contribution in [0.5, 0.6) is 5.75 Å². The van der Waals surface area contributed by atoms with E-state index in [1.54, 1.807) is 0 Å². The lowest BCUT2D eigenvalue weighted by molar-refractivity contribution is 0.0941. The minimum absolute atomic E-state index is 0.0290. The number of piperidine rings is 1. The fraction of sp³-hybridized carbons (Fsp3) is 0.600. The topological polar surface area (TPSA) is 41.5 Å². The number of nitrogens with one attached hydrogen (secondary N) is 1. The number of halogens is 1. The van der Waals surface area contributed by atoms with Gasteiger partial charge >= 0.3 is 0 Å². The summed E-state index contributed by atoms with van der Waals surface area (Å²) in [4.78, 5) is 0. The van der Waals surface area contributed by atoms with Crippen molar-refractivity contribution in [1.29, 1.82) is 0 Å². The zero-order valence-corrected chi connectivity index (χ0v) is 12.6. The van der Waals surface area contributed by atoms with Crippen molar-refractivity contribution in [3.8, 4) is 5.75 Å². The van der Waals surface area contributed by atoms with Crippen LogP contribution in [0.15, 0.2) is 16.6 Å². The third-order valence-electron chi connectivity index (χ3n) is 4.29. The smallest absolute Gasteiger partial charge is 0.125 e. The number of fused-ring (bicyclic) bond motifs is 1. The molecule has 0 aliphatic carbocycles. The molecule has 1 unspecified atom stereocenters. The van der Waals surface area contributed by atoms with Crippen LogP contribution in [-0.4, -0.2) is 31.4 Å². The van der Waals surface area contributed by atoms with Gasteiger partial charge in [-0.05, 0) is 49.1 Å². The van der Waals surface area contributed by atoms with Crippen molar-refractivity contribution in [2.45, 2.75) is 25.7 Å². The van der Waals surface area contributed by atoms with Crippen molar-refractivity contribution in [1.82, 2.24) is 5.32 Å². The first-order valence-electron chi connectivity index (χ1n) is 6.98. The van der Waals surface area contributed by atoms with Crippen molar-refractivity contribution < 1.29 is 9.84 Å². The summed E-state index contributed by atoms with van der Waals surface area (Å²) in [6, 6.07) is 4.30. The molecule has 0 aromatic heterocycles. The molecule has 2 aliphatic heterocycles. The van der Waals surface area contributed by atoms with E-state index in [9.17, 15) is 5.11 Å². The number of benzene rings is 1. The molecule has 0 bridgehead atoms. The van der Waals surface area contributed by atoms with Crippen molar-refractivity contribution in [3.63, 3.8) is 0 Å². The number of rotatable bonds is 3. The lowest BCUT2D eigenvalue weighted by atomic mass is 9.76. The Morgan fingerprint density at radius 3 is 3.05 bits per heavy atom. The normalized spacial score (nSPS) is 26.0. The summed E-state index contributed by atoms with van der Waals surface area (Å²) in [5.74, 6) is 1.06. The van der Waals surface area contributed by atoms with Gasteiger partial charge in [-0.1, -0.05) is 15.9 Å². The number of ether oxygens (including phenoxy) is 1. The summed E-state index contributed by atoms with van der Waals surface area (Å²) in [7, 11) is 0. The third kappa shape index (κ3) is 2.67. The highest BCUT2D eigenvalue weighted by atomic mass is 79.9. The predicted octanol–water partition coefficient (Wildman–Crippen LogP) is 2.29. The monoisotopic (exact) mass is 325 g/mol. The quantitative estimate of drug-likeness (QED) is 0.896. The van der Waals surface area contributed by atoms with Crippen LogP contribution >= 0.6 is 15.9 Å². The molecule has 1 aromatic rings. The molecule has 0 radical (unpaired) electrons. The highest BCUT2D eigenvalue weighted by Gasteiger charge is 2.33. The SMILES string of the molecule is OCC1(Cc2cc(Br)cc3c2OCC3)CCCNC1. The standard InChI is InChI=1S/C15H20BrNO2/c16-13-6-11-2-5-19-14(11)12(7-13)8-15(10-18)3-1-4-17-9-15/h6-7,17-18H,1-5,8-10H2. The fourth-order valence-electron chi connectivity index (χ4n) is 3.25. The van der Waals surface area contributed by atoms with E-state index < -0.39 is 0 Å². The van der Waals surface area contributed by atoms with Gasteiger partial charge in [0.25, 0.3) is 0 Å². The van der Waals surface area contributed by atoms with E-state index in [1.807, 2.05) is 0 Å². The number of aliphatic hydroxyl groups excluding tert-OH is 1. The molecule has 4 heteroatoms. The Kier molecular flexibility index (Phi) is 3.83. The van der Waals surface area contributed by atoms with E-state index in [4.69, 9.17) is 4.74 Å². The van der Waals surface area contributed by atoms with E-state index in [2.05, 4.69) is 33.4 Å². The summed E-state index contributed by atoms with van der Waals surface area (Å²) in [6.45, 7) is 2.98. The number of hydrogen-bond donors (Lipinski definition) is 2. The van der Waals surface area contributed by atoms with Gasteiger partial charge in [-0.2, -0.15) is 0 Å². The van der Waals surface area contributed by atoms with Gasteiger partial charge < -0.3 is 15.2 Å². The molecule has 0 saturated carbocycles. The number of aliphatic hydroxyl groups is 1. The molecule has 1 atom stereocenters. The Morgan fingerprint density at radius 2 is 2.32 bits per heavy atom. The first-order chi connectivity index (χ1) is 9.22. The Balaban J connectivity index is 1.90. The van der Waals surface area contributed by atoms with Crippen LogP contribution in [0.1, 0.15) is 24.0 Å². The molecule has 19 heavy (non-hydrogen) atoms. The minimum Gasteiger partial charge on any atom is -0.493 e. The molecule has 2 heterocycles.